The van der Waals surface area contributed by atoms with Crippen molar-refractivity contribution >= 4 is 15.9 Å². The summed E-state index contributed by atoms with van der Waals surface area (Å²) in [4.78, 5) is 2.65. The van der Waals surface area contributed by atoms with Crippen LogP contribution < -0.4 is 5.73 Å². The van der Waals surface area contributed by atoms with Gasteiger partial charge in [-0.1, -0.05) is 48.8 Å². The quantitative estimate of drug-likeness (QED) is 0.800. The number of halogens is 1. The van der Waals surface area contributed by atoms with Crippen molar-refractivity contribution in [3.8, 4) is 0 Å². The molecule has 0 aromatic heterocycles. The highest BCUT2D eigenvalue weighted by molar-refractivity contribution is 9.10. The minimum atomic E-state index is 0.204. The molecule has 2 unspecified atom stereocenters. The van der Waals surface area contributed by atoms with Gasteiger partial charge in [-0.3, -0.25) is 4.90 Å². The van der Waals surface area contributed by atoms with E-state index in [0.29, 0.717) is 12.0 Å². The van der Waals surface area contributed by atoms with Gasteiger partial charge in [0, 0.05) is 23.1 Å². The lowest BCUT2D eigenvalue weighted by molar-refractivity contribution is 0.141. The van der Waals surface area contributed by atoms with Gasteiger partial charge in [-0.2, -0.15) is 0 Å². The van der Waals surface area contributed by atoms with Gasteiger partial charge in [-0.15, -0.1) is 0 Å². The van der Waals surface area contributed by atoms with Crippen LogP contribution in [0.2, 0.25) is 0 Å². The molecule has 1 saturated carbocycles. The Bertz CT molecular complexity index is 412. The van der Waals surface area contributed by atoms with Gasteiger partial charge in [0.1, 0.15) is 0 Å². The third-order valence-electron chi connectivity index (χ3n) is 4.04. The summed E-state index contributed by atoms with van der Waals surface area (Å²) in [5, 5.41) is 0. The fourth-order valence-corrected chi connectivity index (χ4v) is 3.15. The minimum absolute atomic E-state index is 0.204. The molecule has 112 valence electrons. The molecular weight excluding hydrogens is 312 g/mol. The predicted molar refractivity (Wildman–Crippen MR) is 89.7 cm³/mol. The van der Waals surface area contributed by atoms with E-state index in [-0.39, 0.29) is 6.04 Å². The molecule has 2 N–H and O–H groups in total. The van der Waals surface area contributed by atoms with Crippen molar-refractivity contribution in [3.05, 3.63) is 34.3 Å². The van der Waals surface area contributed by atoms with Crippen molar-refractivity contribution in [2.75, 3.05) is 6.54 Å². The Morgan fingerprint density at radius 1 is 1.25 bits per heavy atom. The second-order valence-electron chi connectivity index (χ2n) is 6.39. The molecule has 0 aliphatic heterocycles. The normalized spacial score (nSPS) is 18.6. The third kappa shape index (κ3) is 4.06. The van der Waals surface area contributed by atoms with Crippen LogP contribution in [0, 0.1) is 5.92 Å². The zero-order chi connectivity index (χ0) is 14.7. The molecule has 0 spiro atoms. The van der Waals surface area contributed by atoms with Gasteiger partial charge in [-0.25, -0.2) is 0 Å². The van der Waals surface area contributed by atoms with Crippen molar-refractivity contribution in [1.82, 2.24) is 4.90 Å². The number of rotatable bonds is 7. The third-order valence-corrected chi connectivity index (χ3v) is 4.57. The van der Waals surface area contributed by atoms with Crippen LogP contribution in [0.5, 0.6) is 0 Å². The Hall–Kier alpha value is -0.380. The average Bonchev–Trinajstić information content (AvgIpc) is 3.23. The van der Waals surface area contributed by atoms with E-state index in [2.05, 4.69) is 65.9 Å². The monoisotopic (exact) mass is 338 g/mol. The molecule has 1 aromatic carbocycles. The molecule has 1 aliphatic carbocycles. The molecule has 1 fully saturated rings. The van der Waals surface area contributed by atoms with Crippen LogP contribution in [0.15, 0.2) is 28.7 Å². The summed E-state index contributed by atoms with van der Waals surface area (Å²) in [6, 6.07) is 10.00. The second kappa shape index (κ2) is 7.06. The van der Waals surface area contributed by atoms with Gasteiger partial charge < -0.3 is 5.73 Å². The SMILES string of the molecule is CCC(N)C(c1ccc(Br)cc1)N(CC(C)C)C1CC1. The second-order valence-corrected chi connectivity index (χ2v) is 7.31. The highest BCUT2D eigenvalue weighted by atomic mass is 79.9. The van der Waals surface area contributed by atoms with Crippen LogP contribution in [0.4, 0.5) is 0 Å². The molecule has 0 bridgehead atoms. The van der Waals surface area contributed by atoms with Gasteiger partial charge in [0.25, 0.3) is 0 Å². The van der Waals surface area contributed by atoms with Crippen LogP contribution in [0.25, 0.3) is 0 Å². The molecule has 2 nitrogen and oxygen atoms in total. The maximum atomic E-state index is 6.48. The lowest BCUT2D eigenvalue weighted by Crippen LogP contribution is -2.43. The first-order valence-electron chi connectivity index (χ1n) is 7.79. The lowest BCUT2D eigenvalue weighted by Gasteiger charge is -2.37. The number of nitrogens with two attached hydrogens (primary N) is 1. The van der Waals surface area contributed by atoms with Crippen molar-refractivity contribution in [2.45, 2.75) is 58.2 Å². The molecule has 0 saturated heterocycles. The fraction of sp³-hybridized carbons (Fsp3) is 0.647. The summed E-state index contributed by atoms with van der Waals surface area (Å²) in [5.41, 5.74) is 7.83. The Balaban J connectivity index is 2.27. The largest absolute Gasteiger partial charge is 0.326 e. The standard InChI is InChI=1S/C17H27BrN2/c1-4-16(19)17(13-5-7-14(18)8-6-13)20(11-12(2)3)15-9-10-15/h5-8,12,15-17H,4,9-11,19H2,1-3H3. The van der Waals surface area contributed by atoms with Crippen molar-refractivity contribution in [3.63, 3.8) is 0 Å². The predicted octanol–water partition coefficient (Wildman–Crippen LogP) is 4.35. The summed E-state index contributed by atoms with van der Waals surface area (Å²) in [5.74, 6) is 0.678. The first kappa shape index (κ1) is 16.0. The van der Waals surface area contributed by atoms with E-state index in [1.165, 1.54) is 18.4 Å². The van der Waals surface area contributed by atoms with E-state index in [1.807, 2.05) is 0 Å². The maximum Gasteiger partial charge on any atom is 0.0502 e. The Kier molecular flexibility index (Phi) is 5.65. The number of benzene rings is 1. The number of hydrogen-bond acceptors (Lipinski definition) is 2. The van der Waals surface area contributed by atoms with E-state index >= 15 is 0 Å². The van der Waals surface area contributed by atoms with E-state index < -0.39 is 0 Å². The van der Waals surface area contributed by atoms with Crippen LogP contribution >= 0.6 is 15.9 Å². The summed E-state index contributed by atoms with van der Waals surface area (Å²) < 4.78 is 1.13. The van der Waals surface area contributed by atoms with Gasteiger partial charge >= 0.3 is 0 Å². The molecule has 20 heavy (non-hydrogen) atoms. The molecule has 1 aromatic rings. The van der Waals surface area contributed by atoms with Crippen LogP contribution in [-0.4, -0.2) is 23.5 Å². The summed E-state index contributed by atoms with van der Waals surface area (Å²) in [6.45, 7) is 7.92. The molecular formula is C17H27BrN2. The van der Waals surface area contributed by atoms with Crippen molar-refractivity contribution in [1.29, 1.82) is 0 Å². The Morgan fingerprint density at radius 2 is 1.85 bits per heavy atom. The Morgan fingerprint density at radius 3 is 2.30 bits per heavy atom. The van der Waals surface area contributed by atoms with Gasteiger partial charge in [-0.05, 0) is 42.9 Å². The zero-order valence-electron chi connectivity index (χ0n) is 12.8. The first-order valence-corrected chi connectivity index (χ1v) is 8.59. The maximum absolute atomic E-state index is 6.48. The summed E-state index contributed by atoms with van der Waals surface area (Å²) >= 11 is 3.52. The molecule has 1 aliphatic rings. The lowest BCUT2D eigenvalue weighted by atomic mass is 9.95. The number of hydrogen-bond donors (Lipinski definition) is 1. The van der Waals surface area contributed by atoms with Crippen LogP contribution in [0.3, 0.4) is 0 Å². The molecule has 2 atom stereocenters. The number of nitrogens with zero attached hydrogens (tertiary/aromatic N) is 1. The van der Waals surface area contributed by atoms with E-state index in [9.17, 15) is 0 Å². The van der Waals surface area contributed by atoms with E-state index in [4.69, 9.17) is 5.73 Å². The van der Waals surface area contributed by atoms with Gasteiger partial charge in [0.05, 0.1) is 6.04 Å². The molecule has 0 amide bonds. The first-order chi connectivity index (χ1) is 9.52. The average molecular weight is 339 g/mol. The summed E-state index contributed by atoms with van der Waals surface area (Å²) in [6.07, 6.45) is 3.68. The Labute approximate surface area is 131 Å². The molecule has 0 heterocycles. The fourth-order valence-electron chi connectivity index (χ4n) is 2.89. The summed E-state index contributed by atoms with van der Waals surface area (Å²) in [7, 11) is 0. The smallest absolute Gasteiger partial charge is 0.0502 e. The minimum Gasteiger partial charge on any atom is -0.326 e. The van der Waals surface area contributed by atoms with Crippen LogP contribution in [0.1, 0.15) is 51.6 Å². The van der Waals surface area contributed by atoms with E-state index in [1.54, 1.807) is 0 Å². The van der Waals surface area contributed by atoms with Gasteiger partial charge in [0.15, 0.2) is 0 Å². The zero-order valence-corrected chi connectivity index (χ0v) is 14.4. The molecule has 2 rings (SSSR count). The van der Waals surface area contributed by atoms with Crippen molar-refractivity contribution in [2.24, 2.45) is 11.7 Å². The topological polar surface area (TPSA) is 29.3 Å². The molecule has 3 heteroatoms. The van der Waals surface area contributed by atoms with Crippen molar-refractivity contribution < 1.29 is 0 Å². The highest BCUT2D eigenvalue weighted by Crippen LogP contribution is 2.37. The van der Waals surface area contributed by atoms with Gasteiger partial charge in [0.2, 0.25) is 0 Å². The molecule has 0 radical (unpaired) electrons. The van der Waals surface area contributed by atoms with E-state index in [0.717, 1.165) is 23.5 Å². The van der Waals surface area contributed by atoms with Crippen LogP contribution in [-0.2, 0) is 0 Å². The highest BCUT2D eigenvalue weighted by Gasteiger charge is 2.36.